The summed E-state index contributed by atoms with van der Waals surface area (Å²) in [5.74, 6) is 1.40. The van der Waals surface area contributed by atoms with Crippen molar-refractivity contribution in [1.29, 1.82) is 0 Å². The molecule has 0 saturated carbocycles. The molecule has 0 nitrogen and oxygen atoms in total. The largest absolute Gasteiger partial charge is 0.144 e. The Hall–Kier alpha value is 0.560. The number of hydrogen-bond acceptors (Lipinski definition) is 0. The molecule has 1 heterocycles. The van der Waals surface area contributed by atoms with Crippen LogP contribution in [0.1, 0.15) is 52.4 Å². The van der Waals surface area contributed by atoms with Gasteiger partial charge >= 0.3 is 0 Å². The number of rotatable bonds is 7. The van der Waals surface area contributed by atoms with E-state index in [-0.39, 0.29) is 0 Å². The Kier molecular flexibility index (Phi) is 6.36. The SMILES string of the molecule is CCCCCCCCS1(I)C=CC=C1C. The fraction of sp³-hybridized carbons (Fsp3) is 0.692. The monoisotopic (exact) mass is 338 g/mol. The summed E-state index contributed by atoms with van der Waals surface area (Å²) in [4.78, 5) is 1.61. The predicted octanol–water partition coefficient (Wildman–Crippen LogP) is 5.93. The molecule has 0 amide bonds. The summed E-state index contributed by atoms with van der Waals surface area (Å²) < 4.78 is 0. The van der Waals surface area contributed by atoms with Gasteiger partial charge < -0.3 is 0 Å². The lowest BCUT2D eigenvalue weighted by molar-refractivity contribution is 0.627. The van der Waals surface area contributed by atoms with E-state index in [9.17, 15) is 0 Å². The Morgan fingerprint density at radius 3 is 2.40 bits per heavy atom. The van der Waals surface area contributed by atoms with Gasteiger partial charge in [0.15, 0.2) is 0 Å². The molecule has 1 aliphatic heterocycles. The maximum Gasteiger partial charge on any atom is -0.00705 e. The zero-order valence-corrected chi connectivity index (χ0v) is 12.9. The third-order valence-corrected chi connectivity index (χ3v) is 9.92. The van der Waals surface area contributed by atoms with Crippen LogP contribution in [0, 0.1) is 0 Å². The van der Waals surface area contributed by atoms with Crippen LogP contribution in [0.3, 0.4) is 0 Å². The van der Waals surface area contributed by atoms with Gasteiger partial charge in [0.1, 0.15) is 0 Å². The van der Waals surface area contributed by atoms with Gasteiger partial charge in [-0.1, -0.05) is 51.2 Å². The molecule has 0 aromatic carbocycles. The summed E-state index contributed by atoms with van der Waals surface area (Å²) in [7, 11) is -0.525. The van der Waals surface area contributed by atoms with Gasteiger partial charge in [-0.05, 0) is 50.6 Å². The van der Waals surface area contributed by atoms with Crippen LogP contribution >= 0.6 is 28.4 Å². The third-order valence-electron chi connectivity index (χ3n) is 2.96. The van der Waals surface area contributed by atoms with Crippen LogP contribution in [-0.2, 0) is 0 Å². The van der Waals surface area contributed by atoms with Crippen LogP contribution in [0.25, 0.3) is 0 Å². The van der Waals surface area contributed by atoms with Crippen LogP contribution in [0.4, 0.5) is 0 Å². The van der Waals surface area contributed by atoms with Crippen molar-refractivity contribution in [3.05, 3.63) is 22.5 Å². The number of unbranched alkanes of at least 4 members (excludes halogenated alkanes) is 5. The van der Waals surface area contributed by atoms with Crippen LogP contribution in [0.2, 0.25) is 0 Å². The summed E-state index contributed by atoms with van der Waals surface area (Å²) in [5.41, 5.74) is 0. The fourth-order valence-corrected chi connectivity index (χ4v) is 5.65. The molecule has 2 heteroatoms. The molecule has 0 saturated heterocycles. The van der Waals surface area contributed by atoms with Crippen molar-refractivity contribution in [1.82, 2.24) is 0 Å². The molecular weight excluding hydrogens is 315 g/mol. The zero-order valence-electron chi connectivity index (χ0n) is 9.97. The first kappa shape index (κ1) is 13.6. The van der Waals surface area contributed by atoms with Crippen LogP contribution in [0.5, 0.6) is 0 Å². The average molecular weight is 338 g/mol. The first-order valence-corrected chi connectivity index (χ1v) is 10.5. The van der Waals surface area contributed by atoms with E-state index in [0.717, 1.165) is 0 Å². The molecule has 0 aromatic heterocycles. The zero-order chi connectivity index (χ0) is 11.1. The van der Waals surface area contributed by atoms with Gasteiger partial charge in [-0.2, -0.15) is 0 Å². The predicted molar refractivity (Wildman–Crippen MR) is 82.8 cm³/mol. The van der Waals surface area contributed by atoms with Gasteiger partial charge in [-0.15, -0.1) is 7.20 Å². The molecule has 15 heavy (non-hydrogen) atoms. The summed E-state index contributed by atoms with van der Waals surface area (Å²) >= 11 is 2.69. The summed E-state index contributed by atoms with van der Waals surface area (Å²) in [6.07, 6.45) is 13.0. The van der Waals surface area contributed by atoms with Crippen molar-refractivity contribution >= 4 is 28.4 Å². The van der Waals surface area contributed by atoms with E-state index in [2.05, 4.69) is 52.6 Å². The highest BCUT2D eigenvalue weighted by atomic mass is 127. The van der Waals surface area contributed by atoms with E-state index in [1.54, 1.807) is 4.91 Å². The molecule has 0 radical (unpaired) electrons. The number of allylic oxidation sites excluding steroid dienone is 3. The lowest BCUT2D eigenvalue weighted by Crippen LogP contribution is -1.93. The molecule has 0 aromatic rings. The minimum Gasteiger partial charge on any atom is -0.144 e. The van der Waals surface area contributed by atoms with E-state index >= 15 is 0 Å². The lowest BCUT2D eigenvalue weighted by atomic mass is 10.1. The van der Waals surface area contributed by atoms with Gasteiger partial charge in [0.05, 0.1) is 0 Å². The molecule has 88 valence electrons. The number of hydrogen-bond donors (Lipinski definition) is 0. The normalized spacial score (nSPS) is 28.9. The molecule has 1 rings (SSSR count). The van der Waals surface area contributed by atoms with E-state index in [4.69, 9.17) is 0 Å². The van der Waals surface area contributed by atoms with E-state index in [0.29, 0.717) is 0 Å². The Bertz CT molecular complexity index is 245. The second kappa shape index (κ2) is 7.00. The van der Waals surface area contributed by atoms with Gasteiger partial charge in [-0.25, -0.2) is 0 Å². The molecule has 0 fully saturated rings. The molecule has 0 bridgehead atoms. The van der Waals surface area contributed by atoms with Gasteiger partial charge in [-0.3, -0.25) is 0 Å². The highest BCUT2D eigenvalue weighted by Crippen LogP contribution is 2.66. The second-order valence-electron chi connectivity index (χ2n) is 4.28. The van der Waals surface area contributed by atoms with E-state index < -0.39 is 7.20 Å². The van der Waals surface area contributed by atoms with Crippen molar-refractivity contribution in [2.24, 2.45) is 0 Å². The highest BCUT2D eigenvalue weighted by Gasteiger charge is 2.21. The summed E-state index contributed by atoms with van der Waals surface area (Å²) in [6.45, 7) is 4.57. The van der Waals surface area contributed by atoms with Crippen LogP contribution < -0.4 is 0 Å². The minimum atomic E-state index is -0.525. The molecule has 1 aliphatic rings. The molecule has 0 spiro atoms. The average Bonchev–Trinajstić information content (AvgIpc) is 2.54. The van der Waals surface area contributed by atoms with Crippen molar-refractivity contribution in [3.63, 3.8) is 0 Å². The Morgan fingerprint density at radius 2 is 1.80 bits per heavy atom. The van der Waals surface area contributed by atoms with Crippen molar-refractivity contribution in [2.45, 2.75) is 52.4 Å². The Labute approximate surface area is 109 Å². The standard InChI is InChI=1S/C13H23IS/c1-3-4-5-6-7-8-11-15(14)12-9-10-13(15)2/h9-10,12H,3-8,11H2,1-2H3. The van der Waals surface area contributed by atoms with Crippen LogP contribution in [0.15, 0.2) is 22.5 Å². The summed E-state index contributed by atoms with van der Waals surface area (Å²) in [5, 5.41) is 2.44. The molecule has 1 atom stereocenters. The topological polar surface area (TPSA) is 0 Å². The van der Waals surface area contributed by atoms with Crippen molar-refractivity contribution < 1.29 is 0 Å². The molecule has 1 unspecified atom stereocenters. The highest BCUT2D eigenvalue weighted by molar-refractivity contribution is 14.2. The Balaban J connectivity index is 2.10. The van der Waals surface area contributed by atoms with Gasteiger partial charge in [0.2, 0.25) is 0 Å². The molecule has 0 N–H and O–H groups in total. The van der Waals surface area contributed by atoms with E-state index in [1.807, 2.05) is 0 Å². The Morgan fingerprint density at radius 1 is 1.13 bits per heavy atom. The van der Waals surface area contributed by atoms with E-state index in [1.165, 1.54) is 44.3 Å². The smallest absolute Gasteiger partial charge is 0.00705 e. The quantitative estimate of drug-likeness (QED) is 0.398. The maximum absolute atomic E-state index is 2.69. The maximum atomic E-state index is 2.69. The third kappa shape index (κ3) is 4.51. The molecule has 0 aliphatic carbocycles. The fourth-order valence-electron chi connectivity index (χ4n) is 1.84. The molecular formula is C13H23IS. The lowest BCUT2D eigenvalue weighted by Gasteiger charge is -2.28. The first-order chi connectivity index (χ1) is 7.19. The van der Waals surface area contributed by atoms with Crippen molar-refractivity contribution in [2.75, 3.05) is 5.75 Å². The second-order valence-corrected chi connectivity index (χ2v) is 11.7. The first-order valence-electron chi connectivity index (χ1n) is 6.05. The van der Waals surface area contributed by atoms with Gasteiger partial charge in [0, 0.05) is 0 Å². The summed E-state index contributed by atoms with van der Waals surface area (Å²) in [6, 6.07) is 0. The number of halogens is 1. The van der Waals surface area contributed by atoms with Crippen molar-refractivity contribution in [3.8, 4) is 0 Å². The van der Waals surface area contributed by atoms with Crippen LogP contribution in [-0.4, -0.2) is 5.75 Å². The minimum absolute atomic E-state index is 0.525. The van der Waals surface area contributed by atoms with Gasteiger partial charge in [0.25, 0.3) is 0 Å².